The van der Waals surface area contributed by atoms with Crippen molar-refractivity contribution in [3.63, 3.8) is 0 Å². The van der Waals surface area contributed by atoms with Gasteiger partial charge < -0.3 is 10.2 Å². The molecule has 7 heteroatoms. The van der Waals surface area contributed by atoms with Crippen LogP contribution in [0.15, 0.2) is 23.6 Å². The molecule has 1 N–H and O–H groups in total. The summed E-state index contributed by atoms with van der Waals surface area (Å²) in [6.45, 7) is -0.428. The molecule has 3 rings (SSSR count). The third kappa shape index (κ3) is 2.51. The number of hydrogen-bond acceptors (Lipinski definition) is 3. The number of anilines is 1. The molecule has 1 aromatic heterocycles. The van der Waals surface area contributed by atoms with Crippen LogP contribution in [0.5, 0.6) is 0 Å². The Balaban J connectivity index is 1.72. The fourth-order valence-corrected chi connectivity index (χ4v) is 2.70. The molecular formula is C12H11F2N3OS. The van der Waals surface area contributed by atoms with Crippen molar-refractivity contribution >= 4 is 34.2 Å². The van der Waals surface area contributed by atoms with Crippen LogP contribution in [-0.4, -0.2) is 34.3 Å². The average molecular weight is 283 g/mol. The largest absolute Gasteiger partial charge is 0.322 e. The van der Waals surface area contributed by atoms with Crippen LogP contribution in [0, 0.1) is 0 Å². The highest BCUT2D eigenvalue weighted by Crippen LogP contribution is 2.27. The number of urea groups is 1. The SMILES string of the molecule is O=C(Nc1ccc2nscc2c1)N1CCC(F)(F)C1. The number of nitrogens with zero attached hydrogens (tertiary/aromatic N) is 2. The van der Waals surface area contributed by atoms with Crippen molar-refractivity contribution in [2.45, 2.75) is 12.3 Å². The zero-order chi connectivity index (χ0) is 13.5. The number of alkyl halides is 2. The van der Waals surface area contributed by atoms with Gasteiger partial charge in [0.15, 0.2) is 0 Å². The third-order valence-corrected chi connectivity index (χ3v) is 3.73. The van der Waals surface area contributed by atoms with E-state index in [0.717, 1.165) is 15.8 Å². The monoisotopic (exact) mass is 283 g/mol. The smallest absolute Gasteiger partial charge is 0.318 e. The number of carbonyl (C=O) groups excluding carboxylic acids is 1. The molecule has 19 heavy (non-hydrogen) atoms. The molecule has 100 valence electrons. The highest BCUT2D eigenvalue weighted by atomic mass is 32.1. The zero-order valence-electron chi connectivity index (χ0n) is 9.90. The lowest BCUT2D eigenvalue weighted by atomic mass is 10.2. The first-order chi connectivity index (χ1) is 9.03. The fraction of sp³-hybridized carbons (Fsp3) is 0.333. The van der Waals surface area contributed by atoms with E-state index < -0.39 is 18.5 Å². The minimum absolute atomic E-state index is 0.0844. The van der Waals surface area contributed by atoms with Crippen molar-refractivity contribution in [1.29, 1.82) is 0 Å². The summed E-state index contributed by atoms with van der Waals surface area (Å²) in [6.07, 6.45) is -0.270. The summed E-state index contributed by atoms with van der Waals surface area (Å²) in [4.78, 5) is 13.0. The molecule has 0 atom stereocenters. The van der Waals surface area contributed by atoms with Crippen LogP contribution in [0.25, 0.3) is 10.9 Å². The minimum Gasteiger partial charge on any atom is -0.318 e. The number of fused-ring (bicyclic) bond motifs is 1. The molecular weight excluding hydrogens is 272 g/mol. The molecule has 0 aliphatic carbocycles. The number of aromatic nitrogens is 1. The Morgan fingerprint density at radius 3 is 3.05 bits per heavy atom. The molecule has 4 nitrogen and oxygen atoms in total. The average Bonchev–Trinajstić information content (AvgIpc) is 2.94. The lowest BCUT2D eigenvalue weighted by Gasteiger charge is -2.16. The predicted octanol–water partition coefficient (Wildman–Crippen LogP) is 3.17. The number of benzene rings is 1. The maximum atomic E-state index is 13.0. The number of halogens is 2. The Kier molecular flexibility index (Phi) is 2.85. The molecule has 1 aromatic carbocycles. The van der Waals surface area contributed by atoms with E-state index >= 15 is 0 Å². The molecule has 0 unspecified atom stereocenters. The number of nitrogens with one attached hydrogen (secondary N) is 1. The van der Waals surface area contributed by atoms with Crippen LogP contribution in [0.1, 0.15) is 6.42 Å². The first-order valence-electron chi connectivity index (χ1n) is 5.81. The van der Waals surface area contributed by atoms with Gasteiger partial charge in [-0.3, -0.25) is 0 Å². The molecule has 0 spiro atoms. The fourth-order valence-electron chi connectivity index (χ4n) is 2.06. The lowest BCUT2D eigenvalue weighted by Crippen LogP contribution is -2.34. The van der Waals surface area contributed by atoms with E-state index in [4.69, 9.17) is 0 Å². The summed E-state index contributed by atoms with van der Waals surface area (Å²) in [5.74, 6) is -2.77. The van der Waals surface area contributed by atoms with Gasteiger partial charge in [-0.15, -0.1) is 0 Å². The normalized spacial score (nSPS) is 17.9. The van der Waals surface area contributed by atoms with E-state index in [1.807, 2.05) is 5.38 Å². The summed E-state index contributed by atoms with van der Waals surface area (Å²) in [5.41, 5.74) is 1.45. The van der Waals surface area contributed by atoms with Crippen LogP contribution in [0.2, 0.25) is 0 Å². The summed E-state index contributed by atoms with van der Waals surface area (Å²) in [5, 5.41) is 5.43. The van der Waals surface area contributed by atoms with Gasteiger partial charge in [-0.2, -0.15) is 4.37 Å². The van der Waals surface area contributed by atoms with Crippen LogP contribution < -0.4 is 5.32 Å². The zero-order valence-corrected chi connectivity index (χ0v) is 10.7. The van der Waals surface area contributed by atoms with Crippen molar-refractivity contribution in [1.82, 2.24) is 9.27 Å². The number of carbonyl (C=O) groups is 1. The van der Waals surface area contributed by atoms with Crippen molar-refractivity contribution in [3.05, 3.63) is 23.6 Å². The topological polar surface area (TPSA) is 45.2 Å². The van der Waals surface area contributed by atoms with E-state index in [1.54, 1.807) is 18.2 Å². The number of rotatable bonds is 1. The quantitative estimate of drug-likeness (QED) is 0.873. The van der Waals surface area contributed by atoms with Gasteiger partial charge in [-0.1, -0.05) is 0 Å². The highest BCUT2D eigenvalue weighted by Gasteiger charge is 2.40. The van der Waals surface area contributed by atoms with Crippen LogP contribution in [0.3, 0.4) is 0 Å². The van der Waals surface area contributed by atoms with E-state index in [1.165, 1.54) is 11.5 Å². The molecule has 1 aliphatic heterocycles. The van der Waals surface area contributed by atoms with E-state index in [-0.39, 0.29) is 13.0 Å². The first kappa shape index (κ1) is 12.3. The minimum atomic E-state index is -2.77. The van der Waals surface area contributed by atoms with Gasteiger partial charge in [-0.25, -0.2) is 13.6 Å². The van der Waals surface area contributed by atoms with Crippen molar-refractivity contribution in [3.8, 4) is 0 Å². The maximum Gasteiger partial charge on any atom is 0.322 e. The Morgan fingerprint density at radius 1 is 1.47 bits per heavy atom. The van der Waals surface area contributed by atoms with Gasteiger partial charge in [0.2, 0.25) is 0 Å². The predicted molar refractivity (Wildman–Crippen MR) is 69.8 cm³/mol. The second kappa shape index (κ2) is 4.41. The summed E-state index contributed by atoms with van der Waals surface area (Å²) >= 11 is 1.33. The molecule has 2 amide bonds. The lowest BCUT2D eigenvalue weighted by molar-refractivity contribution is 0.0159. The maximum absolute atomic E-state index is 13.0. The van der Waals surface area contributed by atoms with Gasteiger partial charge in [0.05, 0.1) is 12.1 Å². The van der Waals surface area contributed by atoms with Crippen LogP contribution >= 0.6 is 11.5 Å². The van der Waals surface area contributed by atoms with Crippen LogP contribution in [0.4, 0.5) is 19.3 Å². The van der Waals surface area contributed by atoms with Gasteiger partial charge in [0.1, 0.15) is 0 Å². The summed E-state index contributed by atoms with van der Waals surface area (Å²) in [6, 6.07) is 4.80. The summed E-state index contributed by atoms with van der Waals surface area (Å²) < 4.78 is 30.2. The van der Waals surface area contributed by atoms with Crippen LogP contribution in [-0.2, 0) is 0 Å². The second-order valence-electron chi connectivity index (χ2n) is 4.55. The Bertz CT molecular complexity index is 628. The Morgan fingerprint density at radius 2 is 2.32 bits per heavy atom. The molecule has 2 aromatic rings. The standard InChI is InChI=1S/C12H11F2N3OS/c13-12(14)3-4-17(7-12)11(18)15-9-1-2-10-8(5-9)6-19-16-10/h1-2,5-6H,3-4,7H2,(H,15,18). The third-order valence-electron chi connectivity index (χ3n) is 3.07. The van der Waals surface area contributed by atoms with E-state index in [9.17, 15) is 13.6 Å². The first-order valence-corrected chi connectivity index (χ1v) is 6.65. The molecule has 0 bridgehead atoms. The summed E-state index contributed by atoms with van der Waals surface area (Å²) in [7, 11) is 0. The second-order valence-corrected chi connectivity index (χ2v) is 5.17. The van der Waals surface area contributed by atoms with E-state index in [0.29, 0.717) is 5.69 Å². The molecule has 0 saturated carbocycles. The van der Waals surface area contributed by atoms with Gasteiger partial charge in [0.25, 0.3) is 5.92 Å². The van der Waals surface area contributed by atoms with Gasteiger partial charge in [0, 0.05) is 29.4 Å². The van der Waals surface area contributed by atoms with Crippen molar-refractivity contribution in [2.24, 2.45) is 0 Å². The number of amides is 2. The van der Waals surface area contributed by atoms with Gasteiger partial charge >= 0.3 is 6.03 Å². The van der Waals surface area contributed by atoms with Crippen molar-refractivity contribution in [2.75, 3.05) is 18.4 Å². The Labute approximate surface area is 112 Å². The molecule has 0 radical (unpaired) electrons. The number of likely N-dealkylation sites (tertiary alicyclic amines) is 1. The van der Waals surface area contributed by atoms with Crippen molar-refractivity contribution < 1.29 is 13.6 Å². The van der Waals surface area contributed by atoms with E-state index in [2.05, 4.69) is 9.69 Å². The molecule has 1 fully saturated rings. The van der Waals surface area contributed by atoms with Gasteiger partial charge in [-0.05, 0) is 29.7 Å². The molecule has 1 aliphatic rings. The number of hydrogen-bond donors (Lipinski definition) is 1. The molecule has 2 heterocycles. The highest BCUT2D eigenvalue weighted by molar-refractivity contribution is 7.04. The molecule has 1 saturated heterocycles. The Hall–Kier alpha value is -1.76.